The van der Waals surface area contributed by atoms with Crippen LogP contribution in [0, 0.1) is 0 Å². The number of ether oxygens (including phenoxy) is 1. The Bertz CT molecular complexity index is 1460. The summed E-state index contributed by atoms with van der Waals surface area (Å²) in [5.74, 6) is -0.128. The van der Waals surface area contributed by atoms with E-state index in [1.807, 2.05) is 42.5 Å². The molecule has 35 heavy (non-hydrogen) atoms. The number of amides is 1. The van der Waals surface area contributed by atoms with E-state index in [1.165, 1.54) is 43.1 Å². The van der Waals surface area contributed by atoms with Gasteiger partial charge in [0.1, 0.15) is 5.75 Å². The Morgan fingerprint density at radius 1 is 0.857 bits per heavy atom. The van der Waals surface area contributed by atoms with Crippen molar-refractivity contribution in [3.8, 4) is 5.75 Å². The lowest BCUT2D eigenvalue weighted by molar-refractivity contribution is 0.102. The largest absolute Gasteiger partial charge is 0.495 e. The van der Waals surface area contributed by atoms with Crippen molar-refractivity contribution in [1.29, 1.82) is 0 Å². The SMILES string of the molecule is COc1ccc(S(=O)(=O)Nc2ccccc2Sc2ccccc2)cc1NC(=O)c1cccc(Cl)c1. The molecule has 0 bridgehead atoms. The van der Waals surface area contributed by atoms with Crippen molar-refractivity contribution >= 4 is 50.7 Å². The number of halogens is 1. The monoisotopic (exact) mass is 524 g/mol. The van der Waals surface area contributed by atoms with Crippen LogP contribution in [0.25, 0.3) is 0 Å². The highest BCUT2D eigenvalue weighted by atomic mass is 35.5. The molecule has 4 rings (SSSR count). The van der Waals surface area contributed by atoms with Crippen molar-refractivity contribution < 1.29 is 17.9 Å². The molecule has 6 nitrogen and oxygen atoms in total. The smallest absolute Gasteiger partial charge is 0.262 e. The van der Waals surface area contributed by atoms with Crippen molar-refractivity contribution in [2.45, 2.75) is 14.7 Å². The minimum atomic E-state index is -3.97. The van der Waals surface area contributed by atoms with Crippen LogP contribution in [0.2, 0.25) is 5.02 Å². The first-order valence-electron chi connectivity index (χ1n) is 10.5. The maximum absolute atomic E-state index is 13.3. The second-order valence-corrected chi connectivity index (χ2v) is 10.6. The topological polar surface area (TPSA) is 84.5 Å². The number of hydrogen-bond acceptors (Lipinski definition) is 5. The Labute approximate surface area is 213 Å². The molecule has 0 aromatic heterocycles. The van der Waals surface area contributed by atoms with Crippen LogP contribution in [0.3, 0.4) is 0 Å². The summed E-state index contributed by atoms with van der Waals surface area (Å²) in [5, 5.41) is 3.12. The van der Waals surface area contributed by atoms with E-state index >= 15 is 0 Å². The molecule has 0 saturated heterocycles. The van der Waals surface area contributed by atoms with Gasteiger partial charge >= 0.3 is 0 Å². The van der Waals surface area contributed by atoms with E-state index in [9.17, 15) is 13.2 Å². The number of methoxy groups -OCH3 is 1. The van der Waals surface area contributed by atoms with Crippen LogP contribution in [0.4, 0.5) is 11.4 Å². The normalized spacial score (nSPS) is 11.0. The van der Waals surface area contributed by atoms with Gasteiger partial charge in [0, 0.05) is 20.4 Å². The van der Waals surface area contributed by atoms with Gasteiger partial charge in [0.25, 0.3) is 15.9 Å². The molecule has 4 aromatic carbocycles. The predicted molar refractivity (Wildman–Crippen MR) is 140 cm³/mol. The highest BCUT2D eigenvalue weighted by molar-refractivity contribution is 7.99. The summed E-state index contributed by atoms with van der Waals surface area (Å²) < 4.78 is 34.5. The van der Waals surface area contributed by atoms with E-state index in [4.69, 9.17) is 16.3 Å². The number of para-hydroxylation sites is 1. The summed E-state index contributed by atoms with van der Waals surface area (Å²) in [6.07, 6.45) is 0. The zero-order chi connectivity index (χ0) is 24.8. The fourth-order valence-electron chi connectivity index (χ4n) is 3.24. The Balaban J connectivity index is 1.61. The zero-order valence-corrected chi connectivity index (χ0v) is 21.0. The number of nitrogens with one attached hydrogen (secondary N) is 2. The molecule has 0 atom stereocenters. The standard InChI is InChI=1S/C26H21ClN2O4S2/c1-33-24-15-14-21(17-23(24)28-26(30)18-8-7-9-19(27)16-18)35(31,32)29-22-12-5-6-13-25(22)34-20-10-3-2-4-11-20/h2-17,29H,1H3,(H,28,30). The van der Waals surface area contributed by atoms with Gasteiger partial charge in [-0.1, -0.05) is 59.8 Å². The maximum Gasteiger partial charge on any atom is 0.262 e. The van der Waals surface area contributed by atoms with Crippen LogP contribution < -0.4 is 14.8 Å². The third-order valence-corrected chi connectivity index (χ3v) is 7.60. The van der Waals surface area contributed by atoms with Gasteiger partial charge in [0.05, 0.1) is 23.4 Å². The van der Waals surface area contributed by atoms with Crippen molar-refractivity contribution in [2.75, 3.05) is 17.1 Å². The third-order valence-electron chi connectivity index (χ3n) is 4.92. The van der Waals surface area contributed by atoms with Crippen molar-refractivity contribution in [2.24, 2.45) is 0 Å². The summed E-state index contributed by atoms with van der Waals surface area (Å²) in [7, 11) is -2.54. The molecule has 0 unspecified atom stereocenters. The summed E-state index contributed by atoms with van der Waals surface area (Å²) in [6, 6.07) is 27.5. The van der Waals surface area contributed by atoms with Gasteiger partial charge in [-0.05, 0) is 60.7 Å². The van der Waals surface area contributed by atoms with E-state index in [0.29, 0.717) is 22.0 Å². The molecule has 9 heteroatoms. The van der Waals surface area contributed by atoms with Gasteiger partial charge in [-0.15, -0.1) is 0 Å². The molecular weight excluding hydrogens is 504 g/mol. The fourth-order valence-corrected chi connectivity index (χ4v) is 5.52. The van der Waals surface area contributed by atoms with Crippen LogP contribution in [0.5, 0.6) is 5.75 Å². The first kappa shape index (κ1) is 24.7. The number of hydrogen-bond donors (Lipinski definition) is 2. The van der Waals surface area contributed by atoms with Gasteiger partial charge in [0.15, 0.2) is 0 Å². The van der Waals surface area contributed by atoms with Gasteiger partial charge < -0.3 is 10.1 Å². The second-order valence-electron chi connectivity index (χ2n) is 7.34. The van der Waals surface area contributed by atoms with Crippen molar-refractivity contribution in [3.63, 3.8) is 0 Å². The van der Waals surface area contributed by atoms with Crippen LogP contribution in [0.15, 0.2) is 112 Å². The Morgan fingerprint density at radius 3 is 2.34 bits per heavy atom. The first-order chi connectivity index (χ1) is 16.9. The molecule has 1 amide bonds. The van der Waals surface area contributed by atoms with Crippen LogP contribution >= 0.6 is 23.4 Å². The minimum Gasteiger partial charge on any atom is -0.495 e. The highest BCUT2D eigenvalue weighted by Crippen LogP contribution is 2.35. The molecule has 178 valence electrons. The lowest BCUT2D eigenvalue weighted by Crippen LogP contribution is -2.16. The minimum absolute atomic E-state index is 0.0285. The Morgan fingerprint density at radius 2 is 1.60 bits per heavy atom. The quantitative estimate of drug-likeness (QED) is 0.273. The second kappa shape index (κ2) is 10.9. The lowest BCUT2D eigenvalue weighted by Gasteiger charge is -2.15. The number of benzene rings is 4. The predicted octanol–water partition coefficient (Wildman–Crippen LogP) is 6.55. The summed E-state index contributed by atoms with van der Waals surface area (Å²) in [4.78, 5) is 14.4. The zero-order valence-electron chi connectivity index (χ0n) is 18.6. The maximum atomic E-state index is 13.3. The molecule has 0 radical (unpaired) electrons. The van der Waals surface area contributed by atoms with Gasteiger partial charge in [0.2, 0.25) is 0 Å². The fraction of sp³-hybridized carbons (Fsp3) is 0.0385. The molecule has 0 heterocycles. The van der Waals surface area contributed by atoms with Crippen LogP contribution in [-0.2, 0) is 10.0 Å². The molecule has 4 aromatic rings. The van der Waals surface area contributed by atoms with E-state index in [2.05, 4.69) is 10.0 Å². The average Bonchev–Trinajstić information content (AvgIpc) is 2.85. The van der Waals surface area contributed by atoms with E-state index in [1.54, 1.807) is 30.3 Å². The molecule has 0 aliphatic carbocycles. The number of carbonyl (C=O) groups excluding carboxylic acids is 1. The van der Waals surface area contributed by atoms with Crippen LogP contribution in [-0.4, -0.2) is 21.4 Å². The van der Waals surface area contributed by atoms with Gasteiger partial charge in [-0.2, -0.15) is 0 Å². The molecule has 0 aliphatic rings. The van der Waals surface area contributed by atoms with Crippen molar-refractivity contribution in [3.05, 3.63) is 108 Å². The van der Waals surface area contributed by atoms with E-state index < -0.39 is 15.9 Å². The van der Waals surface area contributed by atoms with Crippen LogP contribution in [0.1, 0.15) is 10.4 Å². The molecular formula is C26H21ClN2O4S2. The van der Waals surface area contributed by atoms with Gasteiger partial charge in [-0.25, -0.2) is 8.42 Å². The summed E-state index contributed by atoms with van der Waals surface area (Å²) in [5.41, 5.74) is 0.992. The van der Waals surface area contributed by atoms with Gasteiger partial charge in [-0.3, -0.25) is 9.52 Å². The Hall–Kier alpha value is -3.46. The summed E-state index contributed by atoms with van der Waals surface area (Å²) in [6.45, 7) is 0. The third kappa shape index (κ3) is 6.16. The highest BCUT2D eigenvalue weighted by Gasteiger charge is 2.20. The number of anilines is 2. The Kier molecular flexibility index (Phi) is 7.65. The molecule has 0 aliphatic heterocycles. The van der Waals surface area contributed by atoms with Crippen molar-refractivity contribution in [1.82, 2.24) is 0 Å². The molecule has 2 N–H and O–H groups in total. The first-order valence-corrected chi connectivity index (χ1v) is 13.1. The lowest BCUT2D eigenvalue weighted by atomic mass is 10.2. The molecule has 0 saturated carbocycles. The average molecular weight is 525 g/mol. The number of carbonyl (C=O) groups is 1. The number of sulfonamides is 1. The molecule has 0 fully saturated rings. The number of rotatable bonds is 8. The summed E-state index contributed by atoms with van der Waals surface area (Å²) >= 11 is 7.43. The van der Waals surface area contributed by atoms with E-state index in [0.717, 1.165) is 9.79 Å². The van der Waals surface area contributed by atoms with E-state index in [-0.39, 0.29) is 10.6 Å². The molecule has 0 spiro atoms.